The van der Waals surface area contributed by atoms with Gasteiger partial charge in [0.2, 0.25) is 0 Å². The summed E-state index contributed by atoms with van der Waals surface area (Å²) in [5.41, 5.74) is 1.30. The third-order valence-electron chi connectivity index (χ3n) is 4.43. The summed E-state index contributed by atoms with van der Waals surface area (Å²) in [4.78, 5) is 6.81. The van der Waals surface area contributed by atoms with Crippen LogP contribution in [0.2, 0.25) is 0 Å². The number of furan rings is 1. The van der Waals surface area contributed by atoms with E-state index >= 15 is 0 Å². The van der Waals surface area contributed by atoms with Gasteiger partial charge in [0.1, 0.15) is 17.3 Å². The summed E-state index contributed by atoms with van der Waals surface area (Å²) in [5.74, 6) is 3.27. The minimum absolute atomic E-state index is 0.740. The van der Waals surface area contributed by atoms with Gasteiger partial charge in [-0.05, 0) is 25.8 Å². The van der Waals surface area contributed by atoms with Crippen LogP contribution in [0.5, 0.6) is 0 Å². The molecule has 0 unspecified atom stereocenters. The number of fused-ring (bicyclic) bond motifs is 1. The Bertz CT molecular complexity index is 626. The molecule has 0 radical (unpaired) electrons. The number of aryl methyl sites for hydroxylation is 1. The van der Waals surface area contributed by atoms with Gasteiger partial charge in [-0.1, -0.05) is 0 Å². The Balaban J connectivity index is 1.39. The Morgan fingerprint density at radius 1 is 1.38 bits per heavy atom. The van der Waals surface area contributed by atoms with Crippen molar-refractivity contribution >= 4 is 0 Å². The van der Waals surface area contributed by atoms with Crippen molar-refractivity contribution in [2.75, 3.05) is 6.54 Å². The van der Waals surface area contributed by atoms with E-state index in [4.69, 9.17) is 4.42 Å². The Hall–Kier alpha value is -1.59. The zero-order valence-electron chi connectivity index (χ0n) is 12.5. The molecule has 0 amide bonds. The molecule has 1 fully saturated rings. The lowest BCUT2D eigenvalue weighted by Gasteiger charge is -2.26. The van der Waals surface area contributed by atoms with Gasteiger partial charge in [0.25, 0.3) is 0 Å². The molecule has 2 aliphatic rings. The normalized spacial score (nSPS) is 18.9. The van der Waals surface area contributed by atoms with Gasteiger partial charge in [-0.2, -0.15) is 0 Å². The minimum Gasteiger partial charge on any atom is -0.465 e. The highest BCUT2D eigenvalue weighted by atomic mass is 16.3. The zero-order valence-corrected chi connectivity index (χ0v) is 12.5. The SMILES string of the molecule is Cc1oc(CN2CCn3ccnc3C2)cc1CNC1CC1. The first-order valence-corrected chi connectivity index (χ1v) is 7.82. The summed E-state index contributed by atoms with van der Waals surface area (Å²) < 4.78 is 8.16. The number of hydrogen-bond donors (Lipinski definition) is 1. The maximum Gasteiger partial charge on any atom is 0.122 e. The van der Waals surface area contributed by atoms with Gasteiger partial charge in [0.05, 0.1) is 13.1 Å². The van der Waals surface area contributed by atoms with Crippen LogP contribution in [-0.2, 0) is 26.2 Å². The molecule has 112 valence electrons. The molecule has 2 aromatic heterocycles. The smallest absolute Gasteiger partial charge is 0.122 e. The molecule has 1 saturated carbocycles. The molecular formula is C16H22N4O. The molecule has 0 spiro atoms. The molecule has 5 heteroatoms. The van der Waals surface area contributed by atoms with Crippen LogP contribution in [0.1, 0.15) is 35.7 Å². The highest BCUT2D eigenvalue weighted by molar-refractivity contribution is 5.21. The summed E-state index contributed by atoms with van der Waals surface area (Å²) in [6.07, 6.45) is 6.59. The van der Waals surface area contributed by atoms with Crippen molar-refractivity contribution in [1.82, 2.24) is 19.8 Å². The van der Waals surface area contributed by atoms with Crippen molar-refractivity contribution in [3.05, 3.63) is 41.4 Å². The molecule has 3 heterocycles. The first-order valence-electron chi connectivity index (χ1n) is 7.82. The van der Waals surface area contributed by atoms with Crippen molar-refractivity contribution in [3.63, 3.8) is 0 Å². The second kappa shape index (κ2) is 5.31. The number of hydrogen-bond acceptors (Lipinski definition) is 4. The molecule has 1 aliphatic heterocycles. The number of imidazole rings is 1. The van der Waals surface area contributed by atoms with E-state index in [1.807, 2.05) is 6.20 Å². The predicted octanol–water partition coefficient (Wildman–Crippen LogP) is 2.05. The van der Waals surface area contributed by atoms with Crippen LogP contribution < -0.4 is 5.32 Å². The van der Waals surface area contributed by atoms with Gasteiger partial charge >= 0.3 is 0 Å². The van der Waals surface area contributed by atoms with E-state index in [2.05, 4.69) is 39.0 Å². The van der Waals surface area contributed by atoms with Gasteiger partial charge in [-0.3, -0.25) is 4.90 Å². The first-order chi connectivity index (χ1) is 10.3. The summed E-state index contributed by atoms with van der Waals surface area (Å²) >= 11 is 0. The number of aromatic nitrogens is 2. The molecule has 21 heavy (non-hydrogen) atoms. The topological polar surface area (TPSA) is 46.2 Å². The molecule has 0 aromatic carbocycles. The van der Waals surface area contributed by atoms with Crippen LogP contribution in [0.25, 0.3) is 0 Å². The van der Waals surface area contributed by atoms with Crippen LogP contribution in [0, 0.1) is 6.92 Å². The fourth-order valence-corrected chi connectivity index (χ4v) is 2.96. The third kappa shape index (κ3) is 2.89. The van der Waals surface area contributed by atoms with E-state index < -0.39 is 0 Å². The number of nitrogens with one attached hydrogen (secondary N) is 1. The molecule has 1 aliphatic carbocycles. The fourth-order valence-electron chi connectivity index (χ4n) is 2.96. The van der Waals surface area contributed by atoms with E-state index in [-0.39, 0.29) is 0 Å². The van der Waals surface area contributed by atoms with Gasteiger partial charge in [0, 0.05) is 43.6 Å². The lowest BCUT2D eigenvalue weighted by molar-refractivity contribution is 0.193. The average Bonchev–Trinajstić information content (AvgIpc) is 3.07. The maximum atomic E-state index is 5.93. The second-order valence-corrected chi connectivity index (χ2v) is 6.20. The van der Waals surface area contributed by atoms with Gasteiger partial charge < -0.3 is 14.3 Å². The average molecular weight is 286 g/mol. The lowest BCUT2D eigenvalue weighted by atomic mass is 10.2. The largest absolute Gasteiger partial charge is 0.465 e. The Labute approximate surface area is 125 Å². The number of nitrogens with zero attached hydrogens (tertiary/aromatic N) is 3. The standard InChI is InChI=1S/C16H22N4O/c1-12-13(9-18-14-2-3-14)8-15(21-12)10-19-6-7-20-5-4-17-16(20)11-19/h4-5,8,14,18H,2-3,6-7,9-11H2,1H3. The van der Waals surface area contributed by atoms with Crippen molar-refractivity contribution in [3.8, 4) is 0 Å². The van der Waals surface area contributed by atoms with E-state index in [9.17, 15) is 0 Å². The van der Waals surface area contributed by atoms with Gasteiger partial charge in [-0.25, -0.2) is 4.98 Å². The van der Waals surface area contributed by atoms with Crippen molar-refractivity contribution in [2.45, 2.75) is 52.0 Å². The van der Waals surface area contributed by atoms with Crippen molar-refractivity contribution < 1.29 is 4.42 Å². The monoisotopic (exact) mass is 286 g/mol. The van der Waals surface area contributed by atoms with E-state index in [0.717, 1.165) is 56.1 Å². The molecule has 5 nitrogen and oxygen atoms in total. The first kappa shape index (κ1) is 13.1. The van der Waals surface area contributed by atoms with Crippen LogP contribution >= 0.6 is 0 Å². The van der Waals surface area contributed by atoms with Crippen LogP contribution in [0.15, 0.2) is 22.9 Å². The second-order valence-electron chi connectivity index (χ2n) is 6.20. The molecule has 1 N–H and O–H groups in total. The molecule has 0 atom stereocenters. The Morgan fingerprint density at radius 2 is 2.29 bits per heavy atom. The molecular weight excluding hydrogens is 264 g/mol. The molecule has 0 saturated heterocycles. The van der Waals surface area contributed by atoms with E-state index in [1.165, 1.54) is 18.4 Å². The molecule has 0 bridgehead atoms. The van der Waals surface area contributed by atoms with Gasteiger partial charge in [0.15, 0.2) is 0 Å². The third-order valence-corrected chi connectivity index (χ3v) is 4.43. The highest BCUT2D eigenvalue weighted by Crippen LogP contribution is 2.22. The fraction of sp³-hybridized carbons (Fsp3) is 0.562. The summed E-state index contributed by atoms with van der Waals surface area (Å²) in [6.45, 7) is 6.85. The van der Waals surface area contributed by atoms with Gasteiger partial charge in [-0.15, -0.1) is 0 Å². The number of rotatable bonds is 5. The van der Waals surface area contributed by atoms with E-state index in [1.54, 1.807) is 0 Å². The molecule has 2 aromatic rings. The summed E-state index contributed by atoms with van der Waals surface area (Å²) in [7, 11) is 0. The van der Waals surface area contributed by atoms with Crippen LogP contribution in [-0.4, -0.2) is 27.0 Å². The van der Waals surface area contributed by atoms with Crippen molar-refractivity contribution in [1.29, 1.82) is 0 Å². The Kier molecular flexibility index (Phi) is 3.31. The predicted molar refractivity (Wildman–Crippen MR) is 79.6 cm³/mol. The molecule has 4 rings (SSSR count). The van der Waals surface area contributed by atoms with Crippen LogP contribution in [0.3, 0.4) is 0 Å². The highest BCUT2D eigenvalue weighted by Gasteiger charge is 2.22. The minimum atomic E-state index is 0.740. The summed E-state index contributed by atoms with van der Waals surface area (Å²) in [6, 6.07) is 2.95. The van der Waals surface area contributed by atoms with Crippen LogP contribution in [0.4, 0.5) is 0 Å². The summed E-state index contributed by atoms with van der Waals surface area (Å²) in [5, 5.41) is 3.55. The quantitative estimate of drug-likeness (QED) is 0.914. The maximum absolute atomic E-state index is 5.93. The van der Waals surface area contributed by atoms with Crippen molar-refractivity contribution in [2.24, 2.45) is 0 Å². The zero-order chi connectivity index (χ0) is 14.2. The van der Waals surface area contributed by atoms with E-state index in [0.29, 0.717) is 0 Å². The Morgan fingerprint density at radius 3 is 3.14 bits per heavy atom. The lowest BCUT2D eigenvalue weighted by Crippen LogP contribution is -2.33.